The first kappa shape index (κ1) is 27.6. The Hall–Kier alpha value is -3.53. The lowest BCUT2D eigenvalue weighted by Crippen LogP contribution is -2.40. The number of amides is 1. The summed E-state index contributed by atoms with van der Waals surface area (Å²) >= 11 is 0. The molecule has 6 aliphatic heterocycles. The van der Waals surface area contributed by atoms with Crippen LogP contribution in [0.3, 0.4) is 0 Å². The first-order valence-corrected chi connectivity index (χ1v) is 14.9. The Bertz CT molecular complexity index is 1320. The number of aromatic nitrogens is 2. The summed E-state index contributed by atoms with van der Waals surface area (Å²) in [6.07, 6.45) is 4.56. The average Bonchev–Trinajstić information content (AvgIpc) is 3.00. The molecule has 3 aromatic rings. The molecule has 0 unspecified atom stereocenters. The molecule has 0 saturated carbocycles. The molecule has 1 aromatic heterocycles. The first-order chi connectivity index (χ1) is 20.1. The predicted octanol–water partition coefficient (Wildman–Crippen LogP) is 3.89. The summed E-state index contributed by atoms with van der Waals surface area (Å²) in [4.78, 5) is 29.4. The van der Waals surface area contributed by atoms with Crippen molar-refractivity contribution in [2.75, 3.05) is 69.7 Å². The number of morpholine rings is 1. The molecule has 0 spiro atoms. The van der Waals surface area contributed by atoms with Crippen LogP contribution in [0.25, 0.3) is 11.3 Å². The normalized spacial score (nSPS) is 22.7. The van der Waals surface area contributed by atoms with Gasteiger partial charge in [-0.05, 0) is 81.3 Å². The van der Waals surface area contributed by atoms with E-state index in [0.29, 0.717) is 5.95 Å². The molecular weight excluding hydrogens is 514 g/mol. The molecule has 216 valence electrons. The van der Waals surface area contributed by atoms with E-state index < -0.39 is 0 Å². The maximum Gasteiger partial charge on any atom is 0.227 e. The quantitative estimate of drug-likeness (QED) is 0.468. The van der Waals surface area contributed by atoms with E-state index in [4.69, 9.17) is 9.72 Å². The lowest BCUT2D eigenvalue weighted by Gasteiger charge is -2.32. The van der Waals surface area contributed by atoms with Gasteiger partial charge in [0, 0.05) is 61.8 Å². The van der Waals surface area contributed by atoms with Crippen LogP contribution in [-0.2, 0) is 22.6 Å². The van der Waals surface area contributed by atoms with Crippen LogP contribution in [0.15, 0.2) is 54.7 Å². The summed E-state index contributed by atoms with van der Waals surface area (Å²) in [5.74, 6) is 0.899. The minimum absolute atomic E-state index is 0.102. The molecule has 0 radical (unpaired) electrons. The van der Waals surface area contributed by atoms with Crippen molar-refractivity contribution in [3.8, 4) is 11.3 Å². The minimum Gasteiger partial charge on any atom is -0.378 e. The second kappa shape index (κ2) is 13.0. The Morgan fingerprint density at radius 3 is 2.51 bits per heavy atom. The molecule has 2 aromatic carbocycles. The number of hydrogen-bond donors (Lipinski definition) is 2. The zero-order chi connectivity index (χ0) is 28.0. The number of benzene rings is 2. The van der Waals surface area contributed by atoms with Crippen molar-refractivity contribution in [1.82, 2.24) is 25.1 Å². The third kappa shape index (κ3) is 7.22. The van der Waals surface area contributed by atoms with Gasteiger partial charge < -0.3 is 25.2 Å². The van der Waals surface area contributed by atoms with E-state index in [1.807, 2.05) is 12.3 Å². The predicted molar refractivity (Wildman–Crippen MR) is 162 cm³/mol. The lowest BCUT2D eigenvalue weighted by molar-refractivity contribution is -0.126. The number of ether oxygens (including phenoxy) is 1. The van der Waals surface area contributed by atoms with Crippen LogP contribution >= 0.6 is 0 Å². The van der Waals surface area contributed by atoms with Gasteiger partial charge in [-0.2, -0.15) is 0 Å². The van der Waals surface area contributed by atoms with Gasteiger partial charge in [0.2, 0.25) is 11.9 Å². The number of anilines is 3. The molecule has 41 heavy (non-hydrogen) atoms. The van der Waals surface area contributed by atoms with Gasteiger partial charge in [-0.15, -0.1) is 0 Å². The Morgan fingerprint density at radius 1 is 0.902 bits per heavy atom. The van der Waals surface area contributed by atoms with Crippen molar-refractivity contribution in [2.45, 2.75) is 32.4 Å². The fourth-order valence-corrected chi connectivity index (χ4v) is 6.04. The van der Waals surface area contributed by atoms with Crippen molar-refractivity contribution in [3.05, 3.63) is 65.9 Å². The molecule has 8 bridgehead atoms. The molecule has 7 heterocycles. The van der Waals surface area contributed by atoms with Crippen molar-refractivity contribution < 1.29 is 9.53 Å². The average molecular weight is 556 g/mol. The molecule has 2 saturated heterocycles. The van der Waals surface area contributed by atoms with E-state index in [-0.39, 0.29) is 11.8 Å². The number of nitrogens with zero attached hydrogens (tertiary/aromatic N) is 5. The van der Waals surface area contributed by atoms with Crippen LogP contribution in [0, 0.1) is 5.92 Å². The molecule has 0 atom stereocenters. The van der Waals surface area contributed by atoms with E-state index in [1.54, 1.807) is 0 Å². The summed E-state index contributed by atoms with van der Waals surface area (Å²) < 4.78 is 5.61. The van der Waals surface area contributed by atoms with Gasteiger partial charge in [0.05, 0.1) is 18.9 Å². The molecule has 2 N–H and O–H groups in total. The van der Waals surface area contributed by atoms with Crippen molar-refractivity contribution in [3.63, 3.8) is 0 Å². The van der Waals surface area contributed by atoms with Gasteiger partial charge in [0.15, 0.2) is 0 Å². The number of carbonyl (C=O) groups is 1. The highest BCUT2D eigenvalue weighted by Gasteiger charge is 2.25. The van der Waals surface area contributed by atoms with E-state index in [0.717, 1.165) is 102 Å². The molecule has 9 rings (SSSR count). The summed E-state index contributed by atoms with van der Waals surface area (Å²) in [6, 6.07) is 17.3. The van der Waals surface area contributed by atoms with Gasteiger partial charge in [-0.25, -0.2) is 9.97 Å². The number of rotatable bonds is 1. The maximum atomic E-state index is 12.9. The zero-order valence-electron chi connectivity index (χ0n) is 24.0. The van der Waals surface area contributed by atoms with E-state index in [1.165, 1.54) is 16.8 Å². The SMILES string of the molecule is CN1CCCNC(=O)C2CCN(CC2)Cc2cc(cc(N3CCOCC3)c2)Nc2nccc(n2)-c2ccc(cc2)C1. The Labute approximate surface area is 242 Å². The minimum atomic E-state index is 0.102. The monoisotopic (exact) mass is 555 g/mol. The summed E-state index contributed by atoms with van der Waals surface area (Å²) in [6.45, 7) is 8.45. The second-order valence-corrected chi connectivity index (χ2v) is 11.5. The fraction of sp³-hybridized carbons (Fsp3) is 0.469. The lowest BCUT2D eigenvalue weighted by atomic mass is 9.95. The number of nitrogens with one attached hydrogen (secondary N) is 2. The van der Waals surface area contributed by atoms with Crippen LogP contribution in [-0.4, -0.2) is 85.2 Å². The Kier molecular flexibility index (Phi) is 8.74. The van der Waals surface area contributed by atoms with Crippen molar-refractivity contribution >= 4 is 23.2 Å². The van der Waals surface area contributed by atoms with Gasteiger partial charge in [0.1, 0.15) is 0 Å². The van der Waals surface area contributed by atoms with Crippen LogP contribution in [0.2, 0.25) is 0 Å². The van der Waals surface area contributed by atoms with Gasteiger partial charge >= 0.3 is 0 Å². The third-order valence-electron chi connectivity index (χ3n) is 8.35. The van der Waals surface area contributed by atoms with Crippen LogP contribution in [0.5, 0.6) is 0 Å². The van der Waals surface area contributed by atoms with Gasteiger partial charge in [-0.3, -0.25) is 9.69 Å². The molecule has 0 aliphatic carbocycles. The Morgan fingerprint density at radius 2 is 1.71 bits per heavy atom. The molecule has 9 nitrogen and oxygen atoms in total. The van der Waals surface area contributed by atoms with Crippen LogP contribution in [0.1, 0.15) is 30.4 Å². The smallest absolute Gasteiger partial charge is 0.227 e. The first-order valence-electron chi connectivity index (χ1n) is 14.9. The summed E-state index contributed by atoms with van der Waals surface area (Å²) in [7, 11) is 2.13. The van der Waals surface area contributed by atoms with Crippen molar-refractivity contribution in [2.24, 2.45) is 5.92 Å². The molecule has 6 aliphatic rings. The topological polar surface area (TPSA) is 85.9 Å². The standard InChI is InChI=1S/C32H41N7O2/c1-37-12-2-10-33-31(40)27-8-13-38(14-9-27)23-25-19-28(21-29(20-25)39-15-17-41-18-16-39)35-32-34-11-7-30(36-32)26-5-3-24(22-37)4-6-26/h3-7,11,19-21,27H,2,8-10,12-18,22-23H2,1H3,(H,33,40)(H,34,35,36). The third-order valence-corrected chi connectivity index (χ3v) is 8.35. The van der Waals surface area contributed by atoms with Gasteiger partial charge in [-0.1, -0.05) is 24.3 Å². The van der Waals surface area contributed by atoms with E-state index in [9.17, 15) is 4.79 Å². The fourth-order valence-electron chi connectivity index (χ4n) is 6.04. The van der Waals surface area contributed by atoms with Crippen LogP contribution < -0.4 is 15.5 Å². The second-order valence-electron chi connectivity index (χ2n) is 11.5. The molecular formula is C32H41N7O2. The largest absolute Gasteiger partial charge is 0.378 e. The maximum absolute atomic E-state index is 12.9. The Balaban J connectivity index is 1.29. The number of hydrogen-bond acceptors (Lipinski definition) is 8. The highest BCUT2D eigenvalue weighted by atomic mass is 16.5. The summed E-state index contributed by atoms with van der Waals surface area (Å²) in [5, 5.41) is 6.69. The van der Waals surface area contributed by atoms with Gasteiger partial charge in [0.25, 0.3) is 0 Å². The van der Waals surface area contributed by atoms with Crippen molar-refractivity contribution in [1.29, 1.82) is 0 Å². The molecule has 2 fully saturated rings. The summed E-state index contributed by atoms with van der Waals surface area (Å²) in [5.41, 5.74) is 6.62. The van der Waals surface area contributed by atoms with E-state index in [2.05, 4.69) is 79.8 Å². The van der Waals surface area contributed by atoms with Crippen LogP contribution in [0.4, 0.5) is 17.3 Å². The molecule has 1 amide bonds. The highest BCUT2D eigenvalue weighted by Crippen LogP contribution is 2.28. The molecule has 9 heteroatoms. The number of piperidine rings is 1. The number of carbonyl (C=O) groups excluding carboxylic acids is 1. The zero-order valence-corrected chi connectivity index (χ0v) is 24.0. The van der Waals surface area contributed by atoms with E-state index >= 15 is 0 Å². The highest BCUT2D eigenvalue weighted by molar-refractivity contribution is 5.78.